The van der Waals surface area contributed by atoms with Crippen LogP contribution in [0.5, 0.6) is 0 Å². The van der Waals surface area contributed by atoms with E-state index in [0.717, 1.165) is 5.69 Å². The molecular formula is C16H13N3O2S. The number of carbonyl (C=O) groups excluding carboxylic acids is 2. The first-order valence-electron chi connectivity index (χ1n) is 6.66. The summed E-state index contributed by atoms with van der Waals surface area (Å²) < 4.78 is 1.83. The van der Waals surface area contributed by atoms with Gasteiger partial charge in [0.1, 0.15) is 5.57 Å². The van der Waals surface area contributed by atoms with Crippen molar-refractivity contribution in [1.29, 1.82) is 0 Å². The summed E-state index contributed by atoms with van der Waals surface area (Å²) in [7, 11) is 1.84. The van der Waals surface area contributed by atoms with E-state index < -0.39 is 11.8 Å². The van der Waals surface area contributed by atoms with Crippen LogP contribution in [0.4, 0.5) is 5.69 Å². The number of aryl methyl sites for hydroxylation is 1. The van der Waals surface area contributed by atoms with Crippen LogP contribution in [0.1, 0.15) is 5.69 Å². The molecule has 5 nitrogen and oxygen atoms in total. The van der Waals surface area contributed by atoms with E-state index in [0.29, 0.717) is 5.69 Å². The van der Waals surface area contributed by atoms with Gasteiger partial charge >= 0.3 is 0 Å². The van der Waals surface area contributed by atoms with Crippen molar-refractivity contribution in [2.75, 3.05) is 4.90 Å². The van der Waals surface area contributed by atoms with Gasteiger partial charge < -0.3 is 4.57 Å². The average Bonchev–Trinajstić information content (AvgIpc) is 2.89. The number of carbonyl (C=O) groups is 2. The molecule has 1 aliphatic rings. The van der Waals surface area contributed by atoms with Gasteiger partial charge in [-0.1, -0.05) is 18.2 Å². The zero-order valence-electron chi connectivity index (χ0n) is 11.8. The number of rotatable bonds is 2. The summed E-state index contributed by atoms with van der Waals surface area (Å²) in [6.07, 6.45) is 3.41. The van der Waals surface area contributed by atoms with Crippen molar-refractivity contribution < 1.29 is 9.59 Å². The van der Waals surface area contributed by atoms with Crippen LogP contribution < -0.4 is 10.2 Å². The van der Waals surface area contributed by atoms with Crippen LogP contribution in [0, 0.1) is 0 Å². The van der Waals surface area contributed by atoms with Gasteiger partial charge in [0.2, 0.25) is 0 Å². The molecule has 0 bridgehead atoms. The van der Waals surface area contributed by atoms with Crippen LogP contribution >= 0.6 is 12.2 Å². The van der Waals surface area contributed by atoms with E-state index in [9.17, 15) is 9.59 Å². The van der Waals surface area contributed by atoms with Crippen LogP contribution in [0.2, 0.25) is 0 Å². The summed E-state index contributed by atoms with van der Waals surface area (Å²) >= 11 is 5.13. The molecule has 2 amide bonds. The molecule has 2 aromatic rings. The molecule has 0 atom stereocenters. The molecule has 0 radical (unpaired) electrons. The average molecular weight is 311 g/mol. The Morgan fingerprint density at radius 2 is 1.82 bits per heavy atom. The SMILES string of the molecule is Cn1cccc1/C=C1/C(=O)NC(=S)N(c2ccccc2)C1=O. The molecule has 0 saturated carbocycles. The summed E-state index contributed by atoms with van der Waals surface area (Å²) in [4.78, 5) is 26.1. The largest absolute Gasteiger partial charge is 0.351 e. The zero-order valence-corrected chi connectivity index (χ0v) is 12.6. The fraction of sp³-hybridized carbons (Fsp3) is 0.0625. The van der Waals surface area contributed by atoms with Crippen LogP contribution in [0.15, 0.2) is 54.2 Å². The predicted octanol–water partition coefficient (Wildman–Crippen LogP) is 1.86. The van der Waals surface area contributed by atoms with E-state index in [4.69, 9.17) is 12.2 Å². The lowest BCUT2D eigenvalue weighted by atomic mass is 10.1. The molecule has 1 fully saturated rings. The van der Waals surface area contributed by atoms with Crippen LogP contribution in [-0.2, 0) is 16.6 Å². The normalized spacial score (nSPS) is 17.0. The number of anilines is 1. The van der Waals surface area contributed by atoms with E-state index in [-0.39, 0.29) is 10.7 Å². The van der Waals surface area contributed by atoms with Crippen molar-refractivity contribution in [3.8, 4) is 0 Å². The molecule has 1 aromatic heterocycles. The molecule has 110 valence electrons. The molecule has 3 rings (SSSR count). The van der Waals surface area contributed by atoms with Gasteiger partial charge in [-0.25, -0.2) is 0 Å². The first kappa shape index (κ1) is 14.2. The van der Waals surface area contributed by atoms with Gasteiger partial charge in [-0.05, 0) is 42.6 Å². The fourth-order valence-electron chi connectivity index (χ4n) is 2.24. The van der Waals surface area contributed by atoms with E-state index in [1.807, 2.05) is 48.1 Å². The quantitative estimate of drug-likeness (QED) is 0.523. The molecule has 1 saturated heterocycles. The maximum Gasteiger partial charge on any atom is 0.270 e. The molecule has 2 heterocycles. The number of hydrogen-bond acceptors (Lipinski definition) is 3. The second kappa shape index (κ2) is 5.57. The third-order valence-electron chi connectivity index (χ3n) is 3.39. The van der Waals surface area contributed by atoms with Gasteiger partial charge in [-0.3, -0.25) is 19.8 Å². The second-order valence-corrected chi connectivity index (χ2v) is 5.22. The molecule has 0 aliphatic carbocycles. The van der Waals surface area contributed by atoms with E-state index in [1.165, 1.54) is 4.90 Å². The molecule has 1 N–H and O–H groups in total. The highest BCUT2D eigenvalue weighted by atomic mass is 32.1. The Morgan fingerprint density at radius 1 is 1.09 bits per heavy atom. The Kier molecular flexibility index (Phi) is 3.60. The standard InChI is InChI=1S/C16H13N3O2S/c1-18-9-5-8-12(18)10-13-14(20)17-16(22)19(15(13)21)11-6-3-2-4-7-11/h2-10H,1H3,(H,17,20,22)/b13-10-. The van der Waals surface area contributed by atoms with Gasteiger partial charge in [-0.2, -0.15) is 0 Å². The van der Waals surface area contributed by atoms with Crippen molar-refractivity contribution >= 4 is 40.9 Å². The predicted molar refractivity (Wildman–Crippen MR) is 88.1 cm³/mol. The number of hydrogen-bond donors (Lipinski definition) is 1. The molecule has 1 aromatic carbocycles. The first-order chi connectivity index (χ1) is 10.6. The highest BCUT2D eigenvalue weighted by Crippen LogP contribution is 2.21. The Bertz CT molecular complexity index is 793. The van der Waals surface area contributed by atoms with Crippen LogP contribution in [0.25, 0.3) is 6.08 Å². The van der Waals surface area contributed by atoms with E-state index >= 15 is 0 Å². The lowest BCUT2D eigenvalue weighted by Crippen LogP contribution is -2.54. The fourth-order valence-corrected chi connectivity index (χ4v) is 2.52. The molecular weight excluding hydrogens is 298 g/mol. The number of nitrogens with one attached hydrogen (secondary N) is 1. The second-order valence-electron chi connectivity index (χ2n) is 4.84. The molecule has 0 unspecified atom stereocenters. The number of thiocarbonyl (C=S) groups is 1. The third-order valence-corrected chi connectivity index (χ3v) is 3.68. The maximum absolute atomic E-state index is 12.7. The van der Waals surface area contributed by atoms with Crippen LogP contribution in [-0.4, -0.2) is 21.5 Å². The van der Waals surface area contributed by atoms with E-state index in [1.54, 1.807) is 18.2 Å². The van der Waals surface area contributed by atoms with Gasteiger partial charge in [-0.15, -0.1) is 0 Å². The van der Waals surface area contributed by atoms with Gasteiger partial charge in [0.25, 0.3) is 11.8 Å². The summed E-state index contributed by atoms with van der Waals surface area (Å²) in [5, 5.41) is 2.65. The van der Waals surface area contributed by atoms with Crippen LogP contribution in [0.3, 0.4) is 0 Å². The van der Waals surface area contributed by atoms with Crippen molar-refractivity contribution in [3.63, 3.8) is 0 Å². The molecule has 0 spiro atoms. The minimum absolute atomic E-state index is 0.0549. The summed E-state index contributed by atoms with van der Waals surface area (Å²) in [5.74, 6) is -0.912. The lowest BCUT2D eigenvalue weighted by molar-refractivity contribution is -0.122. The molecule has 22 heavy (non-hydrogen) atoms. The topological polar surface area (TPSA) is 54.3 Å². The number of aromatic nitrogens is 1. The van der Waals surface area contributed by atoms with Gasteiger partial charge in [0, 0.05) is 18.9 Å². The van der Waals surface area contributed by atoms with Crippen molar-refractivity contribution in [1.82, 2.24) is 9.88 Å². The van der Waals surface area contributed by atoms with Crippen molar-refractivity contribution in [2.24, 2.45) is 7.05 Å². The van der Waals surface area contributed by atoms with Gasteiger partial charge in [0.15, 0.2) is 5.11 Å². The number of benzene rings is 1. The smallest absolute Gasteiger partial charge is 0.270 e. The monoisotopic (exact) mass is 311 g/mol. The molecule has 6 heteroatoms. The third kappa shape index (κ3) is 2.44. The molecule has 1 aliphatic heterocycles. The minimum atomic E-state index is -0.483. The minimum Gasteiger partial charge on any atom is -0.351 e. The Hall–Kier alpha value is -2.73. The Labute approximate surface area is 132 Å². The summed E-state index contributed by atoms with van der Waals surface area (Å²) in [6.45, 7) is 0. The maximum atomic E-state index is 12.7. The van der Waals surface area contributed by atoms with Crippen molar-refractivity contribution in [2.45, 2.75) is 0 Å². The lowest BCUT2D eigenvalue weighted by Gasteiger charge is -2.28. The Morgan fingerprint density at radius 3 is 2.45 bits per heavy atom. The summed E-state index contributed by atoms with van der Waals surface area (Å²) in [6, 6.07) is 12.7. The summed E-state index contributed by atoms with van der Waals surface area (Å²) in [5.41, 5.74) is 1.44. The van der Waals surface area contributed by atoms with Crippen molar-refractivity contribution in [3.05, 3.63) is 59.9 Å². The number of nitrogens with zero attached hydrogens (tertiary/aromatic N) is 2. The highest BCUT2D eigenvalue weighted by molar-refractivity contribution is 7.80. The first-order valence-corrected chi connectivity index (χ1v) is 7.06. The zero-order chi connectivity index (χ0) is 15.7. The Balaban J connectivity index is 2.03. The van der Waals surface area contributed by atoms with Gasteiger partial charge in [0.05, 0.1) is 5.69 Å². The van der Waals surface area contributed by atoms with E-state index in [2.05, 4.69) is 5.32 Å². The highest BCUT2D eigenvalue weighted by Gasteiger charge is 2.34. The number of para-hydroxylation sites is 1. The number of amides is 2.